The molecular formula is C22H25N3O3. The van der Waals surface area contributed by atoms with E-state index in [1.54, 1.807) is 7.11 Å². The van der Waals surface area contributed by atoms with E-state index in [1.807, 2.05) is 59.5 Å². The minimum Gasteiger partial charge on any atom is -0.497 e. The van der Waals surface area contributed by atoms with Crippen LogP contribution in [0.4, 0.5) is 0 Å². The highest BCUT2D eigenvalue weighted by atomic mass is 16.5. The maximum atomic E-state index is 12.8. The van der Waals surface area contributed by atoms with Gasteiger partial charge in [0.15, 0.2) is 0 Å². The van der Waals surface area contributed by atoms with Crippen LogP contribution < -0.4 is 4.74 Å². The SMILES string of the molecule is COc1cccc(-c2noc(CCN(CC(C)C)C(=O)c3ccccc3)n2)c1. The minimum absolute atomic E-state index is 0.0156. The number of ether oxygens (including phenoxy) is 1. The molecule has 6 heteroatoms. The summed E-state index contributed by atoms with van der Waals surface area (Å²) in [7, 11) is 1.62. The van der Waals surface area contributed by atoms with Gasteiger partial charge < -0.3 is 14.2 Å². The Kier molecular flexibility index (Phi) is 6.42. The Bertz CT molecular complexity index is 906. The van der Waals surface area contributed by atoms with Crippen LogP contribution in [0.2, 0.25) is 0 Å². The lowest BCUT2D eigenvalue weighted by molar-refractivity contribution is 0.0734. The zero-order valence-electron chi connectivity index (χ0n) is 16.5. The summed E-state index contributed by atoms with van der Waals surface area (Å²) in [6, 6.07) is 16.8. The topological polar surface area (TPSA) is 68.5 Å². The van der Waals surface area contributed by atoms with E-state index in [1.165, 1.54) is 0 Å². The van der Waals surface area contributed by atoms with Crippen molar-refractivity contribution in [3.05, 3.63) is 66.1 Å². The van der Waals surface area contributed by atoms with E-state index in [-0.39, 0.29) is 5.91 Å². The van der Waals surface area contributed by atoms with Crippen LogP contribution in [-0.2, 0) is 6.42 Å². The van der Waals surface area contributed by atoms with E-state index >= 15 is 0 Å². The Hall–Kier alpha value is -3.15. The van der Waals surface area contributed by atoms with Crippen LogP contribution in [0.15, 0.2) is 59.1 Å². The Morgan fingerprint density at radius 1 is 1.14 bits per heavy atom. The summed E-state index contributed by atoms with van der Waals surface area (Å²) in [5.41, 5.74) is 1.51. The first kappa shape index (κ1) is 19.6. The molecule has 1 aromatic heterocycles. The average Bonchev–Trinajstić information content (AvgIpc) is 3.20. The zero-order valence-corrected chi connectivity index (χ0v) is 16.5. The van der Waals surface area contributed by atoms with Gasteiger partial charge in [0, 0.05) is 30.6 Å². The lowest BCUT2D eigenvalue weighted by Gasteiger charge is -2.24. The highest BCUT2D eigenvalue weighted by molar-refractivity contribution is 5.94. The van der Waals surface area contributed by atoms with Crippen LogP contribution in [0.1, 0.15) is 30.1 Å². The summed E-state index contributed by atoms with van der Waals surface area (Å²) in [5, 5.41) is 4.06. The number of carbonyl (C=O) groups is 1. The summed E-state index contributed by atoms with van der Waals surface area (Å²) in [5.74, 6) is 2.14. The van der Waals surface area contributed by atoms with Gasteiger partial charge in [0.25, 0.3) is 5.91 Å². The number of hydrogen-bond donors (Lipinski definition) is 0. The first-order valence-electron chi connectivity index (χ1n) is 9.38. The van der Waals surface area contributed by atoms with Gasteiger partial charge in [-0.1, -0.05) is 49.3 Å². The number of carbonyl (C=O) groups excluding carboxylic acids is 1. The molecule has 0 fully saturated rings. The molecule has 0 bridgehead atoms. The van der Waals surface area contributed by atoms with Gasteiger partial charge in [-0.3, -0.25) is 4.79 Å². The summed E-state index contributed by atoms with van der Waals surface area (Å²) < 4.78 is 10.6. The normalized spacial score (nSPS) is 10.9. The van der Waals surface area contributed by atoms with Crippen molar-refractivity contribution in [2.45, 2.75) is 20.3 Å². The van der Waals surface area contributed by atoms with Gasteiger partial charge in [0.05, 0.1) is 7.11 Å². The van der Waals surface area contributed by atoms with E-state index < -0.39 is 0 Å². The second-order valence-electron chi connectivity index (χ2n) is 7.00. The van der Waals surface area contributed by atoms with E-state index in [9.17, 15) is 4.79 Å². The van der Waals surface area contributed by atoms with E-state index in [0.717, 1.165) is 11.3 Å². The third kappa shape index (κ3) is 4.97. The third-order valence-electron chi connectivity index (χ3n) is 4.29. The molecule has 0 aliphatic rings. The molecule has 0 atom stereocenters. The fraction of sp³-hybridized carbons (Fsp3) is 0.318. The second-order valence-corrected chi connectivity index (χ2v) is 7.00. The van der Waals surface area contributed by atoms with E-state index in [0.29, 0.717) is 42.7 Å². The molecule has 0 N–H and O–H groups in total. The maximum absolute atomic E-state index is 12.8. The molecule has 0 spiro atoms. The summed E-state index contributed by atoms with van der Waals surface area (Å²) in [4.78, 5) is 19.2. The second kappa shape index (κ2) is 9.17. The van der Waals surface area contributed by atoms with Crippen LogP contribution in [0.25, 0.3) is 11.4 Å². The van der Waals surface area contributed by atoms with Crippen LogP contribution in [-0.4, -0.2) is 41.1 Å². The molecule has 1 heterocycles. The molecule has 2 aromatic carbocycles. The number of amides is 1. The smallest absolute Gasteiger partial charge is 0.253 e. The lowest BCUT2D eigenvalue weighted by Crippen LogP contribution is -2.36. The Balaban J connectivity index is 1.69. The van der Waals surface area contributed by atoms with Crippen molar-refractivity contribution < 1.29 is 14.1 Å². The van der Waals surface area contributed by atoms with Crippen molar-refractivity contribution in [1.82, 2.24) is 15.0 Å². The standard InChI is InChI=1S/C22H25N3O3/c1-16(2)15-25(22(26)17-8-5-4-6-9-17)13-12-20-23-21(24-28-20)18-10-7-11-19(14-18)27-3/h4-11,14,16H,12-13,15H2,1-3H3. The summed E-state index contributed by atoms with van der Waals surface area (Å²) in [6.07, 6.45) is 0.502. The zero-order chi connectivity index (χ0) is 19.9. The van der Waals surface area contributed by atoms with E-state index in [2.05, 4.69) is 24.0 Å². The number of benzene rings is 2. The Morgan fingerprint density at radius 3 is 2.64 bits per heavy atom. The fourth-order valence-corrected chi connectivity index (χ4v) is 2.95. The number of hydrogen-bond acceptors (Lipinski definition) is 5. The van der Waals surface area contributed by atoms with Gasteiger partial charge in [-0.05, 0) is 30.2 Å². The molecule has 1 amide bonds. The van der Waals surface area contributed by atoms with Gasteiger partial charge >= 0.3 is 0 Å². The number of methoxy groups -OCH3 is 1. The van der Waals surface area contributed by atoms with Crippen molar-refractivity contribution in [1.29, 1.82) is 0 Å². The van der Waals surface area contributed by atoms with Crippen LogP contribution in [0, 0.1) is 5.92 Å². The minimum atomic E-state index is 0.0156. The first-order chi connectivity index (χ1) is 13.6. The fourth-order valence-electron chi connectivity index (χ4n) is 2.95. The van der Waals surface area contributed by atoms with Gasteiger partial charge in [0.1, 0.15) is 5.75 Å². The van der Waals surface area contributed by atoms with Crippen molar-refractivity contribution in [3.8, 4) is 17.1 Å². The van der Waals surface area contributed by atoms with Gasteiger partial charge in [-0.25, -0.2) is 0 Å². The lowest BCUT2D eigenvalue weighted by atomic mass is 10.1. The molecule has 146 valence electrons. The highest BCUT2D eigenvalue weighted by Crippen LogP contribution is 2.21. The van der Waals surface area contributed by atoms with Gasteiger partial charge in [0.2, 0.25) is 11.7 Å². The predicted molar refractivity (Wildman–Crippen MR) is 107 cm³/mol. The molecular weight excluding hydrogens is 354 g/mol. The van der Waals surface area contributed by atoms with Gasteiger partial charge in [-0.2, -0.15) is 4.98 Å². The van der Waals surface area contributed by atoms with E-state index in [4.69, 9.17) is 9.26 Å². The molecule has 6 nitrogen and oxygen atoms in total. The van der Waals surface area contributed by atoms with Crippen molar-refractivity contribution >= 4 is 5.91 Å². The molecule has 0 unspecified atom stereocenters. The molecule has 0 saturated heterocycles. The first-order valence-corrected chi connectivity index (χ1v) is 9.38. The highest BCUT2D eigenvalue weighted by Gasteiger charge is 2.18. The third-order valence-corrected chi connectivity index (χ3v) is 4.29. The van der Waals surface area contributed by atoms with Crippen molar-refractivity contribution in [2.24, 2.45) is 5.92 Å². The van der Waals surface area contributed by atoms with Gasteiger partial charge in [-0.15, -0.1) is 0 Å². The predicted octanol–water partition coefficient (Wildman–Crippen LogP) is 4.09. The van der Waals surface area contributed by atoms with Crippen LogP contribution in [0.3, 0.4) is 0 Å². The maximum Gasteiger partial charge on any atom is 0.253 e. The molecule has 28 heavy (non-hydrogen) atoms. The summed E-state index contributed by atoms with van der Waals surface area (Å²) in [6.45, 7) is 5.38. The van der Waals surface area contributed by atoms with Crippen LogP contribution >= 0.6 is 0 Å². The average molecular weight is 379 g/mol. The molecule has 0 aliphatic heterocycles. The number of nitrogens with zero attached hydrogens (tertiary/aromatic N) is 3. The monoisotopic (exact) mass is 379 g/mol. The van der Waals surface area contributed by atoms with Crippen LogP contribution in [0.5, 0.6) is 5.75 Å². The van der Waals surface area contributed by atoms with Crippen molar-refractivity contribution in [3.63, 3.8) is 0 Å². The molecule has 3 rings (SSSR count). The largest absolute Gasteiger partial charge is 0.497 e. The Morgan fingerprint density at radius 2 is 1.93 bits per heavy atom. The summed E-state index contributed by atoms with van der Waals surface area (Å²) >= 11 is 0. The molecule has 0 radical (unpaired) electrons. The Labute approximate surface area is 165 Å². The quantitative estimate of drug-likeness (QED) is 0.590. The molecule has 3 aromatic rings. The molecule has 0 saturated carbocycles. The number of rotatable bonds is 8. The van der Waals surface area contributed by atoms with Crippen molar-refractivity contribution in [2.75, 3.05) is 20.2 Å². The molecule has 0 aliphatic carbocycles. The number of aromatic nitrogens is 2.